The molecule has 0 aliphatic heterocycles. The number of ether oxygens (including phenoxy) is 1. The minimum Gasteiger partial charge on any atom is -0.481 e. The molecule has 106 valence electrons. The van der Waals surface area contributed by atoms with Gasteiger partial charge in [-0.3, -0.25) is 0 Å². The molecule has 0 atom stereocenters. The molecule has 0 fully saturated rings. The molecular formula is C15H18ClN3O. The van der Waals surface area contributed by atoms with Gasteiger partial charge in [0, 0.05) is 24.4 Å². The number of hydrogen-bond acceptors (Lipinski definition) is 4. The van der Waals surface area contributed by atoms with Crippen LogP contribution in [0.5, 0.6) is 5.88 Å². The predicted molar refractivity (Wildman–Crippen MR) is 79.2 cm³/mol. The maximum Gasteiger partial charge on any atom is 0.212 e. The zero-order chi connectivity index (χ0) is 14.5. The normalized spacial score (nSPS) is 10.8. The molecule has 2 rings (SSSR count). The lowest BCUT2D eigenvalue weighted by atomic mass is 10.1. The van der Waals surface area contributed by atoms with Gasteiger partial charge in [-0.25, -0.2) is 15.0 Å². The molecular weight excluding hydrogens is 274 g/mol. The minimum absolute atomic E-state index is 0.493. The van der Waals surface area contributed by atoms with Crippen LogP contribution < -0.4 is 4.74 Å². The lowest BCUT2D eigenvalue weighted by molar-refractivity contribution is 0.397. The van der Waals surface area contributed by atoms with Gasteiger partial charge in [-0.05, 0) is 24.0 Å². The molecule has 2 heterocycles. The highest BCUT2D eigenvalue weighted by Crippen LogP contribution is 2.14. The van der Waals surface area contributed by atoms with Crippen LogP contribution in [-0.4, -0.2) is 22.1 Å². The second kappa shape index (κ2) is 6.66. The van der Waals surface area contributed by atoms with Crippen LogP contribution in [0.25, 0.3) is 0 Å². The largest absolute Gasteiger partial charge is 0.481 e. The van der Waals surface area contributed by atoms with Crippen molar-refractivity contribution in [3.63, 3.8) is 0 Å². The van der Waals surface area contributed by atoms with E-state index in [0.29, 0.717) is 23.4 Å². The van der Waals surface area contributed by atoms with E-state index in [2.05, 4.69) is 28.8 Å². The van der Waals surface area contributed by atoms with Gasteiger partial charge >= 0.3 is 0 Å². The summed E-state index contributed by atoms with van der Waals surface area (Å²) < 4.78 is 5.04. The lowest BCUT2D eigenvalue weighted by Gasteiger charge is -2.07. The monoisotopic (exact) mass is 291 g/mol. The number of pyridine rings is 1. The first-order valence-electron chi connectivity index (χ1n) is 6.58. The average molecular weight is 292 g/mol. The molecule has 0 amide bonds. The molecule has 0 radical (unpaired) electrons. The summed E-state index contributed by atoms with van der Waals surface area (Å²) in [5.74, 6) is 1.86. The van der Waals surface area contributed by atoms with Gasteiger partial charge in [-0.1, -0.05) is 31.5 Å². The molecule has 2 aromatic rings. The molecule has 5 heteroatoms. The van der Waals surface area contributed by atoms with Crippen molar-refractivity contribution >= 4 is 11.6 Å². The van der Waals surface area contributed by atoms with Gasteiger partial charge in [-0.2, -0.15) is 0 Å². The minimum atomic E-state index is 0.493. The zero-order valence-electron chi connectivity index (χ0n) is 11.9. The lowest BCUT2D eigenvalue weighted by Crippen LogP contribution is -2.04. The Morgan fingerprint density at radius 2 is 2.05 bits per heavy atom. The van der Waals surface area contributed by atoms with Crippen LogP contribution in [0.3, 0.4) is 0 Å². The third-order valence-corrected chi connectivity index (χ3v) is 2.97. The fraction of sp³-hybridized carbons (Fsp3) is 0.400. The number of halogens is 1. The molecule has 0 bridgehead atoms. The molecule has 4 nitrogen and oxygen atoms in total. The molecule has 0 N–H and O–H groups in total. The van der Waals surface area contributed by atoms with Crippen LogP contribution in [0.15, 0.2) is 24.4 Å². The highest BCUT2D eigenvalue weighted by atomic mass is 35.5. The van der Waals surface area contributed by atoms with Crippen molar-refractivity contribution in [3.05, 3.63) is 46.6 Å². The summed E-state index contributed by atoms with van der Waals surface area (Å²) in [6.07, 6.45) is 3.28. The van der Waals surface area contributed by atoms with E-state index in [1.165, 1.54) is 0 Å². The van der Waals surface area contributed by atoms with Crippen molar-refractivity contribution < 1.29 is 4.74 Å². The Labute approximate surface area is 124 Å². The third-order valence-electron chi connectivity index (χ3n) is 2.78. The van der Waals surface area contributed by atoms with Crippen LogP contribution in [0.4, 0.5) is 0 Å². The number of hydrogen-bond donors (Lipinski definition) is 0. The summed E-state index contributed by atoms with van der Waals surface area (Å²) in [5, 5.41) is 0.493. The number of rotatable bonds is 5. The summed E-state index contributed by atoms with van der Waals surface area (Å²) >= 11 is 6.06. The quantitative estimate of drug-likeness (QED) is 0.793. The van der Waals surface area contributed by atoms with Gasteiger partial charge in [0.2, 0.25) is 5.88 Å². The van der Waals surface area contributed by atoms with E-state index in [4.69, 9.17) is 16.3 Å². The highest BCUT2D eigenvalue weighted by Gasteiger charge is 2.07. The molecule has 0 saturated carbocycles. The Kier molecular flexibility index (Phi) is 4.90. The first-order chi connectivity index (χ1) is 9.56. The van der Waals surface area contributed by atoms with Crippen LogP contribution in [0.1, 0.15) is 30.9 Å². The van der Waals surface area contributed by atoms with Gasteiger partial charge in [0.1, 0.15) is 11.0 Å². The standard InChI is InChI=1S/C15H18ClN3O/c1-10(2)6-12-8-13(16)19-14(18-12)7-11-4-5-15(20-3)17-9-11/h4-5,8-10H,6-7H2,1-3H3. The van der Waals surface area contributed by atoms with E-state index >= 15 is 0 Å². The summed E-state index contributed by atoms with van der Waals surface area (Å²) in [5.41, 5.74) is 2.01. The van der Waals surface area contributed by atoms with E-state index in [9.17, 15) is 0 Å². The van der Waals surface area contributed by atoms with E-state index in [1.807, 2.05) is 18.2 Å². The zero-order valence-corrected chi connectivity index (χ0v) is 12.7. The molecule has 0 spiro atoms. The molecule has 20 heavy (non-hydrogen) atoms. The summed E-state index contributed by atoms with van der Waals surface area (Å²) in [4.78, 5) is 13.0. The fourth-order valence-electron chi connectivity index (χ4n) is 1.94. The highest BCUT2D eigenvalue weighted by molar-refractivity contribution is 6.29. The van der Waals surface area contributed by atoms with Crippen molar-refractivity contribution in [3.8, 4) is 5.88 Å². The van der Waals surface area contributed by atoms with Gasteiger partial charge in [0.05, 0.1) is 7.11 Å². The predicted octanol–water partition coefficient (Wildman–Crippen LogP) is 3.32. The van der Waals surface area contributed by atoms with Crippen molar-refractivity contribution in [1.29, 1.82) is 0 Å². The van der Waals surface area contributed by atoms with Gasteiger partial charge in [-0.15, -0.1) is 0 Å². The summed E-state index contributed by atoms with van der Waals surface area (Å²) in [6.45, 7) is 4.31. The SMILES string of the molecule is COc1ccc(Cc2nc(Cl)cc(CC(C)C)n2)cn1. The Hall–Kier alpha value is -1.68. The summed E-state index contributed by atoms with van der Waals surface area (Å²) in [6, 6.07) is 5.62. The van der Waals surface area contributed by atoms with Crippen LogP contribution in [0.2, 0.25) is 5.15 Å². The molecule has 0 unspecified atom stereocenters. The van der Waals surface area contributed by atoms with Crippen molar-refractivity contribution in [1.82, 2.24) is 15.0 Å². The van der Waals surface area contributed by atoms with Crippen LogP contribution in [0, 0.1) is 5.92 Å². The van der Waals surface area contributed by atoms with Crippen LogP contribution >= 0.6 is 11.6 Å². The Balaban J connectivity index is 2.17. The van der Waals surface area contributed by atoms with E-state index in [1.54, 1.807) is 13.3 Å². The topological polar surface area (TPSA) is 47.9 Å². The maximum atomic E-state index is 6.06. The second-order valence-electron chi connectivity index (χ2n) is 5.08. The van der Waals surface area contributed by atoms with E-state index in [-0.39, 0.29) is 0 Å². The smallest absolute Gasteiger partial charge is 0.212 e. The Morgan fingerprint density at radius 1 is 1.25 bits per heavy atom. The van der Waals surface area contributed by atoms with Crippen molar-refractivity contribution in [2.24, 2.45) is 5.92 Å². The van der Waals surface area contributed by atoms with Crippen LogP contribution in [-0.2, 0) is 12.8 Å². The second-order valence-corrected chi connectivity index (χ2v) is 5.47. The number of methoxy groups -OCH3 is 1. The molecule has 0 aliphatic rings. The molecule has 0 aliphatic carbocycles. The van der Waals surface area contributed by atoms with E-state index in [0.717, 1.165) is 23.5 Å². The fourth-order valence-corrected chi connectivity index (χ4v) is 2.16. The first-order valence-corrected chi connectivity index (χ1v) is 6.96. The summed E-state index contributed by atoms with van der Waals surface area (Å²) in [7, 11) is 1.60. The average Bonchev–Trinajstić information content (AvgIpc) is 2.38. The van der Waals surface area contributed by atoms with Gasteiger partial charge < -0.3 is 4.74 Å². The van der Waals surface area contributed by atoms with Crippen molar-refractivity contribution in [2.45, 2.75) is 26.7 Å². The molecule has 0 aromatic carbocycles. The first kappa shape index (κ1) is 14.7. The maximum absolute atomic E-state index is 6.06. The molecule has 0 saturated heterocycles. The van der Waals surface area contributed by atoms with Crippen molar-refractivity contribution in [2.75, 3.05) is 7.11 Å². The molecule has 2 aromatic heterocycles. The Bertz CT molecular complexity index is 570. The third kappa shape index (κ3) is 4.17. The van der Waals surface area contributed by atoms with Gasteiger partial charge in [0.25, 0.3) is 0 Å². The Morgan fingerprint density at radius 3 is 2.65 bits per heavy atom. The van der Waals surface area contributed by atoms with E-state index < -0.39 is 0 Å². The van der Waals surface area contributed by atoms with Gasteiger partial charge in [0.15, 0.2) is 0 Å². The number of aromatic nitrogens is 3. The number of nitrogens with zero attached hydrogens (tertiary/aromatic N) is 3.